The summed E-state index contributed by atoms with van der Waals surface area (Å²) < 4.78 is 41.0. The smallest absolute Gasteiger partial charge is 0.236 e. The van der Waals surface area contributed by atoms with Crippen LogP contribution in [0.25, 0.3) is 0 Å². The summed E-state index contributed by atoms with van der Waals surface area (Å²) in [7, 11) is 0. The zero-order chi connectivity index (χ0) is 20.7. The zero-order valence-corrected chi connectivity index (χ0v) is 16.6. The van der Waals surface area contributed by atoms with Crippen molar-refractivity contribution in [1.29, 1.82) is 0 Å². The van der Waals surface area contributed by atoms with Gasteiger partial charge in [-0.2, -0.15) is 8.78 Å². The van der Waals surface area contributed by atoms with Crippen molar-refractivity contribution in [3.8, 4) is 23.7 Å². The fourth-order valence-corrected chi connectivity index (χ4v) is 2.47. The first-order valence-electron chi connectivity index (χ1n) is 8.51. The highest BCUT2D eigenvalue weighted by Gasteiger charge is 2.31. The standard InChI is InChI=1S/C24H13BrF3N/c25-24(27,28)23(17-13-19-11-15-21(26)16-12-19)29-22-9-5-4-8-20(22)14-10-18-6-2-1-3-7-18/h1-9,11-12,15-16H. The molecular formula is C24H13BrF3N. The van der Waals surface area contributed by atoms with E-state index in [0.717, 1.165) is 5.56 Å². The Kier molecular flexibility index (Phi) is 6.54. The molecule has 0 aliphatic heterocycles. The van der Waals surface area contributed by atoms with Crippen LogP contribution < -0.4 is 0 Å². The largest absolute Gasteiger partial charge is 0.350 e. The molecule has 142 valence electrons. The fourth-order valence-electron chi connectivity index (χ4n) is 2.29. The second-order valence-electron chi connectivity index (χ2n) is 5.85. The molecule has 5 heteroatoms. The van der Waals surface area contributed by atoms with Gasteiger partial charge in [0.1, 0.15) is 5.82 Å². The third kappa shape index (κ3) is 6.10. The third-order valence-corrected chi connectivity index (χ3v) is 4.07. The number of rotatable bonds is 2. The molecule has 0 spiro atoms. The molecule has 29 heavy (non-hydrogen) atoms. The predicted molar refractivity (Wildman–Crippen MR) is 113 cm³/mol. The van der Waals surface area contributed by atoms with Crippen molar-refractivity contribution in [1.82, 2.24) is 0 Å². The van der Waals surface area contributed by atoms with Gasteiger partial charge in [0.05, 0.1) is 11.3 Å². The van der Waals surface area contributed by atoms with E-state index in [9.17, 15) is 13.2 Å². The maximum absolute atomic E-state index is 14.0. The summed E-state index contributed by atoms with van der Waals surface area (Å²) in [6.45, 7) is 0. The van der Waals surface area contributed by atoms with Crippen LogP contribution >= 0.6 is 15.9 Å². The molecule has 0 atom stereocenters. The topological polar surface area (TPSA) is 12.4 Å². The molecule has 3 rings (SSSR count). The Morgan fingerprint density at radius 1 is 0.759 bits per heavy atom. The molecule has 0 amide bonds. The van der Waals surface area contributed by atoms with Crippen LogP contribution in [0, 0.1) is 29.5 Å². The van der Waals surface area contributed by atoms with Gasteiger partial charge in [-0.25, -0.2) is 9.38 Å². The molecule has 0 radical (unpaired) electrons. The molecule has 0 unspecified atom stereocenters. The minimum Gasteiger partial charge on any atom is -0.236 e. The zero-order valence-electron chi connectivity index (χ0n) is 15.0. The SMILES string of the molecule is Fc1ccc(C#CC(=Nc2ccccc2C#Cc2ccccc2)C(F)(F)Br)cc1. The normalized spacial score (nSPS) is 11.1. The van der Waals surface area contributed by atoms with Crippen LogP contribution in [0.1, 0.15) is 16.7 Å². The Morgan fingerprint density at radius 2 is 1.38 bits per heavy atom. The highest BCUT2D eigenvalue weighted by molar-refractivity contribution is 9.10. The van der Waals surface area contributed by atoms with E-state index in [1.165, 1.54) is 24.3 Å². The predicted octanol–water partition coefficient (Wildman–Crippen LogP) is 6.34. The van der Waals surface area contributed by atoms with E-state index < -0.39 is 16.4 Å². The van der Waals surface area contributed by atoms with Crippen LogP contribution in [0.15, 0.2) is 83.9 Å². The van der Waals surface area contributed by atoms with E-state index in [0.29, 0.717) is 11.1 Å². The Bertz CT molecular complexity index is 1140. The lowest BCUT2D eigenvalue weighted by atomic mass is 10.1. The molecule has 0 saturated heterocycles. The second kappa shape index (κ2) is 9.28. The summed E-state index contributed by atoms with van der Waals surface area (Å²) in [5, 5.41) is 0. The summed E-state index contributed by atoms with van der Waals surface area (Å²) >= 11 is 2.33. The third-order valence-electron chi connectivity index (χ3n) is 3.69. The molecule has 3 aromatic rings. The number of alkyl halides is 3. The van der Waals surface area contributed by atoms with Gasteiger partial charge in [-0.05, 0) is 70.4 Å². The first-order valence-corrected chi connectivity index (χ1v) is 9.31. The number of aliphatic imine (C=N–C) groups is 1. The Hall–Kier alpha value is -3.28. The van der Waals surface area contributed by atoms with Gasteiger partial charge in [0.15, 0.2) is 5.71 Å². The van der Waals surface area contributed by atoms with Crippen molar-refractivity contribution in [3.63, 3.8) is 0 Å². The lowest BCUT2D eigenvalue weighted by Crippen LogP contribution is -2.19. The molecule has 0 N–H and O–H groups in total. The molecule has 0 fully saturated rings. The van der Waals surface area contributed by atoms with Crippen LogP contribution in [-0.2, 0) is 0 Å². The van der Waals surface area contributed by atoms with E-state index in [-0.39, 0.29) is 5.69 Å². The average molecular weight is 452 g/mol. The Labute approximate surface area is 175 Å². The highest BCUT2D eigenvalue weighted by atomic mass is 79.9. The van der Waals surface area contributed by atoms with Crippen molar-refractivity contribution >= 4 is 27.3 Å². The number of hydrogen-bond acceptors (Lipinski definition) is 1. The maximum Gasteiger partial charge on any atom is 0.350 e. The fraction of sp³-hybridized carbons (Fsp3) is 0.0417. The second-order valence-corrected chi connectivity index (χ2v) is 6.84. The van der Waals surface area contributed by atoms with E-state index >= 15 is 0 Å². The summed E-state index contributed by atoms with van der Waals surface area (Å²) in [5.74, 6) is 10.5. The minimum absolute atomic E-state index is 0.276. The first-order chi connectivity index (χ1) is 13.9. The molecule has 0 aliphatic carbocycles. The van der Waals surface area contributed by atoms with Crippen LogP contribution in [-0.4, -0.2) is 10.5 Å². The number of halogens is 4. The van der Waals surface area contributed by atoms with Gasteiger partial charge < -0.3 is 0 Å². The van der Waals surface area contributed by atoms with Gasteiger partial charge in [-0.15, -0.1) is 0 Å². The summed E-state index contributed by atoms with van der Waals surface area (Å²) in [5.41, 5.74) is 1.30. The highest BCUT2D eigenvalue weighted by Crippen LogP contribution is 2.27. The van der Waals surface area contributed by atoms with E-state index in [1.54, 1.807) is 24.3 Å². The maximum atomic E-state index is 14.0. The number of para-hydroxylation sites is 1. The number of nitrogens with zero attached hydrogens (tertiary/aromatic N) is 1. The molecule has 0 saturated carbocycles. The van der Waals surface area contributed by atoms with Crippen molar-refractivity contribution in [2.45, 2.75) is 4.83 Å². The van der Waals surface area contributed by atoms with Crippen LogP contribution in [0.5, 0.6) is 0 Å². The summed E-state index contributed by atoms with van der Waals surface area (Å²) in [6, 6.07) is 21.3. The minimum atomic E-state index is -3.43. The van der Waals surface area contributed by atoms with Crippen molar-refractivity contribution in [2.75, 3.05) is 0 Å². The quantitative estimate of drug-likeness (QED) is 0.245. The molecule has 0 aromatic heterocycles. The van der Waals surface area contributed by atoms with Crippen LogP contribution in [0.4, 0.5) is 18.9 Å². The van der Waals surface area contributed by atoms with E-state index in [2.05, 4.69) is 44.6 Å². The van der Waals surface area contributed by atoms with Gasteiger partial charge in [0.25, 0.3) is 0 Å². The molecule has 0 aliphatic rings. The molecular weight excluding hydrogens is 439 g/mol. The monoisotopic (exact) mass is 451 g/mol. The van der Waals surface area contributed by atoms with Crippen LogP contribution in [0.2, 0.25) is 0 Å². The molecule has 0 heterocycles. The van der Waals surface area contributed by atoms with E-state index in [1.807, 2.05) is 30.3 Å². The Balaban J connectivity index is 1.99. The van der Waals surface area contributed by atoms with E-state index in [4.69, 9.17) is 0 Å². The lowest BCUT2D eigenvalue weighted by Gasteiger charge is -2.07. The molecule has 1 nitrogen and oxygen atoms in total. The first kappa shape index (κ1) is 20.5. The summed E-state index contributed by atoms with van der Waals surface area (Å²) in [6.07, 6.45) is 0. The lowest BCUT2D eigenvalue weighted by molar-refractivity contribution is 0.195. The van der Waals surface area contributed by atoms with Crippen molar-refractivity contribution in [2.24, 2.45) is 4.99 Å². The average Bonchev–Trinajstić information content (AvgIpc) is 2.71. The van der Waals surface area contributed by atoms with Crippen molar-refractivity contribution < 1.29 is 13.2 Å². The molecule has 0 bridgehead atoms. The molecule has 3 aromatic carbocycles. The summed E-state index contributed by atoms with van der Waals surface area (Å²) in [4.78, 5) is 0.614. The Morgan fingerprint density at radius 3 is 2.07 bits per heavy atom. The van der Waals surface area contributed by atoms with Gasteiger partial charge >= 0.3 is 4.83 Å². The number of hydrogen-bond donors (Lipinski definition) is 0. The van der Waals surface area contributed by atoms with Gasteiger partial charge in [-0.1, -0.05) is 48.1 Å². The van der Waals surface area contributed by atoms with Gasteiger partial charge in [-0.3, -0.25) is 0 Å². The van der Waals surface area contributed by atoms with Crippen molar-refractivity contribution in [3.05, 3.63) is 101 Å². The van der Waals surface area contributed by atoms with Crippen LogP contribution in [0.3, 0.4) is 0 Å². The van der Waals surface area contributed by atoms with Gasteiger partial charge in [0, 0.05) is 11.1 Å². The van der Waals surface area contributed by atoms with Gasteiger partial charge in [0.2, 0.25) is 0 Å². The number of benzene rings is 3.